The molecular formula is C9H6F7N2O2. The monoisotopic (exact) mass is 307 g/mol. The molecule has 11 heteroatoms. The van der Waals surface area contributed by atoms with E-state index in [1.165, 1.54) is 0 Å². The Bertz CT molecular complexity index is 450. The van der Waals surface area contributed by atoms with Crippen molar-refractivity contribution in [3.8, 4) is 11.8 Å². The molecule has 0 aromatic carbocycles. The number of ether oxygens (including phenoxy) is 2. The van der Waals surface area contributed by atoms with Gasteiger partial charge in [-0.1, -0.05) is 0 Å². The lowest BCUT2D eigenvalue weighted by Crippen LogP contribution is -2.51. The van der Waals surface area contributed by atoms with Gasteiger partial charge >= 0.3 is 18.0 Å². The number of nitrogens with zero attached hydrogens (tertiary/aromatic N) is 2. The molecule has 0 aliphatic heterocycles. The van der Waals surface area contributed by atoms with Gasteiger partial charge in [0.1, 0.15) is 6.07 Å². The summed E-state index contributed by atoms with van der Waals surface area (Å²) in [6.07, 6.45) is -12.6. The largest absolute Gasteiger partial charge is 0.480 e. The number of halogens is 7. The summed E-state index contributed by atoms with van der Waals surface area (Å²) in [4.78, 5) is 5.44. The molecule has 1 heterocycles. The lowest BCUT2D eigenvalue weighted by molar-refractivity contribution is -0.351. The molecule has 0 spiro atoms. The summed E-state index contributed by atoms with van der Waals surface area (Å²) in [6, 6.07) is 1.99. The predicted molar refractivity (Wildman–Crippen MR) is 48.9 cm³/mol. The van der Waals surface area contributed by atoms with Crippen LogP contribution in [-0.2, 0) is 5.67 Å². The van der Waals surface area contributed by atoms with E-state index in [9.17, 15) is 30.7 Å². The minimum absolute atomic E-state index is 0.831. The Kier molecular flexibility index (Phi) is 4.02. The van der Waals surface area contributed by atoms with Crippen molar-refractivity contribution in [2.45, 2.75) is 18.0 Å². The van der Waals surface area contributed by atoms with E-state index in [1.54, 1.807) is 0 Å². The zero-order valence-electron chi connectivity index (χ0n) is 9.86. The standard InChI is InChI=1S/C9H6F7N2O2/c1-19-4-3-5(20-2)18-6(17-4)7(10,8(11,12)13)9(14,15)16/h1-2H3. The van der Waals surface area contributed by atoms with Crippen molar-refractivity contribution in [3.63, 3.8) is 0 Å². The minimum atomic E-state index is -6.32. The highest BCUT2D eigenvalue weighted by Gasteiger charge is 2.76. The Balaban J connectivity index is 3.58. The first-order chi connectivity index (χ1) is 8.97. The number of hydrogen-bond donors (Lipinski definition) is 0. The van der Waals surface area contributed by atoms with Crippen LogP contribution in [0.15, 0.2) is 0 Å². The third-order valence-corrected chi connectivity index (χ3v) is 2.10. The second-order valence-corrected chi connectivity index (χ2v) is 3.34. The van der Waals surface area contributed by atoms with Crippen LogP contribution in [0.2, 0.25) is 0 Å². The van der Waals surface area contributed by atoms with Crippen molar-refractivity contribution in [1.82, 2.24) is 9.97 Å². The van der Waals surface area contributed by atoms with Gasteiger partial charge in [-0.05, 0) is 0 Å². The number of aromatic nitrogens is 2. The SMILES string of the molecule is COc1[c]c(OC)nc(C(F)(C(F)(F)F)C(F)(F)F)n1. The molecule has 0 amide bonds. The third kappa shape index (κ3) is 2.56. The summed E-state index contributed by atoms with van der Waals surface area (Å²) in [5.41, 5.74) is -5.75. The maximum Gasteiger partial charge on any atom is 0.439 e. The fourth-order valence-corrected chi connectivity index (χ4v) is 1.13. The summed E-state index contributed by atoms with van der Waals surface area (Å²) in [7, 11) is 1.78. The Hall–Kier alpha value is -1.81. The van der Waals surface area contributed by atoms with E-state index in [0.29, 0.717) is 0 Å². The summed E-state index contributed by atoms with van der Waals surface area (Å²) >= 11 is 0. The van der Waals surface area contributed by atoms with Gasteiger partial charge in [-0.2, -0.15) is 36.3 Å². The van der Waals surface area contributed by atoms with E-state index >= 15 is 0 Å². The topological polar surface area (TPSA) is 44.2 Å². The zero-order chi connectivity index (χ0) is 15.8. The fourth-order valence-electron chi connectivity index (χ4n) is 1.13. The van der Waals surface area contributed by atoms with Crippen LogP contribution in [-0.4, -0.2) is 36.5 Å². The molecule has 0 unspecified atom stereocenters. The molecule has 0 fully saturated rings. The van der Waals surface area contributed by atoms with Crippen LogP contribution in [0.3, 0.4) is 0 Å². The van der Waals surface area contributed by atoms with Crippen molar-refractivity contribution < 1.29 is 40.2 Å². The zero-order valence-corrected chi connectivity index (χ0v) is 9.86. The highest BCUT2D eigenvalue weighted by molar-refractivity contribution is 5.23. The van der Waals surface area contributed by atoms with Crippen LogP contribution in [0, 0.1) is 6.07 Å². The normalized spacial score (nSPS) is 13.2. The van der Waals surface area contributed by atoms with Gasteiger partial charge in [0, 0.05) is 0 Å². The van der Waals surface area contributed by atoms with Gasteiger partial charge in [-0.15, -0.1) is 0 Å². The van der Waals surface area contributed by atoms with Crippen LogP contribution in [0.1, 0.15) is 5.82 Å². The number of hydrogen-bond acceptors (Lipinski definition) is 4. The second kappa shape index (κ2) is 4.94. The molecule has 0 saturated heterocycles. The van der Waals surface area contributed by atoms with Gasteiger partial charge in [0.15, 0.2) is 5.82 Å². The van der Waals surface area contributed by atoms with Crippen LogP contribution in [0.5, 0.6) is 11.8 Å². The molecule has 0 saturated carbocycles. The minimum Gasteiger partial charge on any atom is -0.480 e. The van der Waals surface area contributed by atoms with Gasteiger partial charge < -0.3 is 9.47 Å². The van der Waals surface area contributed by atoms with Crippen molar-refractivity contribution in [3.05, 3.63) is 11.9 Å². The Morgan fingerprint density at radius 2 is 1.15 bits per heavy atom. The van der Waals surface area contributed by atoms with Crippen LogP contribution >= 0.6 is 0 Å². The average molecular weight is 307 g/mol. The molecule has 0 aliphatic rings. The van der Waals surface area contributed by atoms with Crippen LogP contribution < -0.4 is 9.47 Å². The van der Waals surface area contributed by atoms with Gasteiger partial charge in [-0.25, -0.2) is 4.39 Å². The quantitative estimate of drug-likeness (QED) is 0.805. The lowest BCUT2D eigenvalue weighted by atomic mass is 10.0. The predicted octanol–water partition coefficient (Wildman–Crippen LogP) is 2.58. The molecule has 1 aromatic heterocycles. The number of methoxy groups -OCH3 is 2. The highest BCUT2D eigenvalue weighted by Crippen LogP contribution is 2.52. The van der Waals surface area contributed by atoms with Crippen LogP contribution in [0.4, 0.5) is 30.7 Å². The third-order valence-electron chi connectivity index (χ3n) is 2.10. The molecule has 1 aromatic rings. The van der Waals surface area contributed by atoms with E-state index in [1.807, 2.05) is 6.07 Å². The summed E-state index contributed by atoms with van der Waals surface area (Å²) < 4.78 is 97.3. The van der Waals surface area contributed by atoms with Crippen molar-refractivity contribution >= 4 is 0 Å². The first kappa shape index (κ1) is 16.2. The molecular weight excluding hydrogens is 301 g/mol. The molecule has 1 rings (SSSR count). The maximum atomic E-state index is 13.7. The summed E-state index contributed by atoms with van der Waals surface area (Å²) in [5, 5.41) is 0. The smallest absolute Gasteiger partial charge is 0.439 e. The molecule has 1 radical (unpaired) electrons. The first-order valence-electron chi connectivity index (χ1n) is 4.69. The molecule has 4 nitrogen and oxygen atoms in total. The Morgan fingerprint density at radius 1 is 0.800 bits per heavy atom. The maximum absolute atomic E-state index is 13.7. The molecule has 0 atom stereocenters. The van der Waals surface area contributed by atoms with Crippen LogP contribution in [0.25, 0.3) is 0 Å². The molecule has 113 valence electrons. The van der Waals surface area contributed by atoms with Gasteiger partial charge in [0.05, 0.1) is 14.2 Å². The lowest BCUT2D eigenvalue weighted by Gasteiger charge is -2.28. The summed E-state index contributed by atoms with van der Waals surface area (Å²) in [6.45, 7) is 0. The number of rotatable bonds is 3. The van der Waals surface area contributed by atoms with E-state index in [2.05, 4.69) is 19.4 Å². The van der Waals surface area contributed by atoms with E-state index in [0.717, 1.165) is 14.2 Å². The van der Waals surface area contributed by atoms with E-state index in [4.69, 9.17) is 0 Å². The summed E-state index contributed by atoms with van der Waals surface area (Å²) in [5.74, 6) is -3.85. The second-order valence-electron chi connectivity index (χ2n) is 3.34. The first-order valence-corrected chi connectivity index (χ1v) is 4.69. The van der Waals surface area contributed by atoms with E-state index in [-0.39, 0.29) is 0 Å². The van der Waals surface area contributed by atoms with Gasteiger partial charge in [0.25, 0.3) is 0 Å². The van der Waals surface area contributed by atoms with Crippen molar-refractivity contribution in [1.29, 1.82) is 0 Å². The number of alkyl halides is 7. The molecule has 20 heavy (non-hydrogen) atoms. The Morgan fingerprint density at radius 3 is 1.40 bits per heavy atom. The van der Waals surface area contributed by atoms with Gasteiger partial charge in [-0.3, -0.25) is 0 Å². The van der Waals surface area contributed by atoms with Crippen molar-refractivity contribution in [2.75, 3.05) is 14.2 Å². The van der Waals surface area contributed by atoms with E-state index < -0.39 is 35.6 Å². The molecule has 0 N–H and O–H groups in total. The highest BCUT2D eigenvalue weighted by atomic mass is 19.4. The van der Waals surface area contributed by atoms with Gasteiger partial charge in [0.2, 0.25) is 11.8 Å². The Labute approximate surface area is 107 Å². The molecule has 0 aliphatic carbocycles. The fraction of sp³-hybridized carbons (Fsp3) is 0.556. The average Bonchev–Trinajstić information content (AvgIpc) is 2.34. The van der Waals surface area contributed by atoms with Crippen molar-refractivity contribution in [2.24, 2.45) is 0 Å². The molecule has 0 bridgehead atoms.